The smallest absolute Gasteiger partial charge is 0.194 e. The van der Waals surface area contributed by atoms with Gasteiger partial charge in [0.2, 0.25) is 0 Å². The molecule has 3 rings (SSSR count). The van der Waals surface area contributed by atoms with Crippen molar-refractivity contribution in [2.24, 2.45) is 10.9 Å². The van der Waals surface area contributed by atoms with E-state index in [-0.39, 0.29) is 30.1 Å². The molecule has 2 saturated heterocycles. The molecule has 0 saturated carbocycles. The Labute approximate surface area is 181 Å². The monoisotopic (exact) mass is 486 g/mol. The zero-order valence-electron chi connectivity index (χ0n) is 16.8. The zero-order chi connectivity index (χ0) is 18.2. The topological polar surface area (TPSA) is 40.1 Å². The molecule has 27 heavy (non-hydrogen) atoms. The van der Waals surface area contributed by atoms with E-state index in [2.05, 4.69) is 59.4 Å². The third-order valence-corrected chi connectivity index (χ3v) is 5.40. The Balaban J connectivity index is 0.00000261. The highest BCUT2D eigenvalue weighted by Crippen LogP contribution is 2.21. The highest BCUT2D eigenvalue weighted by atomic mass is 127. The largest absolute Gasteiger partial charge is 0.374 e. The van der Waals surface area contributed by atoms with Crippen LogP contribution in [0.1, 0.15) is 25.3 Å². The number of likely N-dealkylation sites (N-methyl/N-ethyl adjacent to an activating group) is 1. The number of hydrogen-bond acceptors (Lipinski definition) is 3. The fourth-order valence-corrected chi connectivity index (χ4v) is 3.89. The number of nitrogens with one attached hydrogen (secondary N) is 1. The summed E-state index contributed by atoms with van der Waals surface area (Å²) in [5.41, 5.74) is 1.46. The van der Waals surface area contributed by atoms with Gasteiger partial charge in [0.15, 0.2) is 5.96 Å². The molecule has 6 heteroatoms. The van der Waals surface area contributed by atoms with Crippen LogP contribution >= 0.6 is 24.0 Å². The minimum Gasteiger partial charge on any atom is -0.374 e. The van der Waals surface area contributed by atoms with E-state index in [1.54, 1.807) is 0 Å². The van der Waals surface area contributed by atoms with Crippen molar-refractivity contribution in [3.63, 3.8) is 0 Å². The molecule has 0 amide bonds. The molecule has 1 unspecified atom stereocenters. The van der Waals surface area contributed by atoms with E-state index in [9.17, 15) is 0 Å². The fourth-order valence-electron chi connectivity index (χ4n) is 3.89. The third kappa shape index (κ3) is 7.23. The van der Waals surface area contributed by atoms with Gasteiger partial charge in [-0.25, -0.2) is 0 Å². The van der Waals surface area contributed by atoms with Crippen LogP contribution in [-0.2, 0) is 11.2 Å². The maximum absolute atomic E-state index is 5.85. The Morgan fingerprint density at radius 2 is 1.93 bits per heavy atom. The molecule has 152 valence electrons. The molecule has 1 N–H and O–H groups in total. The molecule has 0 aromatic heterocycles. The molecular formula is C21H35IN4O. The van der Waals surface area contributed by atoms with Crippen LogP contribution in [-0.4, -0.2) is 74.8 Å². The van der Waals surface area contributed by atoms with Gasteiger partial charge in [0.25, 0.3) is 0 Å². The van der Waals surface area contributed by atoms with Crippen LogP contribution in [0.25, 0.3) is 0 Å². The molecule has 1 atom stereocenters. The number of piperidine rings is 1. The molecule has 2 fully saturated rings. The molecule has 5 nitrogen and oxygen atoms in total. The standard InChI is InChI=1S/C21H34N4O.HI/c1-3-22-21(23-16-20-17-24(2)13-14-26-20)25-11-9-19(10-12-25)15-18-7-5-4-6-8-18;/h4-8,19-20H,3,9-17H2,1-2H3,(H,22,23);1H. The van der Waals surface area contributed by atoms with Crippen molar-refractivity contribution in [2.75, 3.05) is 52.9 Å². The van der Waals surface area contributed by atoms with E-state index in [0.717, 1.165) is 57.8 Å². The minimum atomic E-state index is 0. The number of nitrogens with zero attached hydrogens (tertiary/aromatic N) is 3. The summed E-state index contributed by atoms with van der Waals surface area (Å²) in [4.78, 5) is 9.64. The molecule has 0 radical (unpaired) electrons. The molecule has 2 aliphatic heterocycles. The first-order valence-corrected chi connectivity index (χ1v) is 10.1. The first-order chi connectivity index (χ1) is 12.7. The van der Waals surface area contributed by atoms with Gasteiger partial charge in [-0.3, -0.25) is 4.99 Å². The van der Waals surface area contributed by atoms with Crippen LogP contribution in [0.4, 0.5) is 0 Å². The van der Waals surface area contributed by atoms with E-state index in [0.29, 0.717) is 0 Å². The summed E-state index contributed by atoms with van der Waals surface area (Å²) in [6.07, 6.45) is 3.90. The van der Waals surface area contributed by atoms with Crippen molar-refractivity contribution in [1.82, 2.24) is 15.1 Å². The van der Waals surface area contributed by atoms with Crippen LogP contribution in [0.5, 0.6) is 0 Å². The highest BCUT2D eigenvalue weighted by Gasteiger charge is 2.23. The van der Waals surface area contributed by atoms with Crippen LogP contribution in [0.15, 0.2) is 35.3 Å². The number of benzene rings is 1. The molecule has 0 spiro atoms. The van der Waals surface area contributed by atoms with Crippen molar-refractivity contribution >= 4 is 29.9 Å². The summed E-state index contributed by atoms with van der Waals surface area (Å²) in [6.45, 7) is 8.80. The van der Waals surface area contributed by atoms with Crippen LogP contribution in [0.3, 0.4) is 0 Å². The number of rotatable bonds is 5. The van der Waals surface area contributed by atoms with Gasteiger partial charge in [-0.15, -0.1) is 24.0 Å². The first kappa shape index (κ1) is 22.4. The van der Waals surface area contributed by atoms with Crippen molar-refractivity contribution in [1.29, 1.82) is 0 Å². The van der Waals surface area contributed by atoms with E-state index < -0.39 is 0 Å². The lowest BCUT2D eigenvalue weighted by molar-refractivity contribution is -0.0137. The summed E-state index contributed by atoms with van der Waals surface area (Å²) >= 11 is 0. The lowest BCUT2D eigenvalue weighted by atomic mass is 9.90. The predicted molar refractivity (Wildman–Crippen MR) is 123 cm³/mol. The van der Waals surface area contributed by atoms with Crippen molar-refractivity contribution in [3.05, 3.63) is 35.9 Å². The average Bonchev–Trinajstić information content (AvgIpc) is 2.67. The number of ether oxygens (including phenoxy) is 1. The first-order valence-electron chi connectivity index (χ1n) is 10.1. The highest BCUT2D eigenvalue weighted by molar-refractivity contribution is 14.0. The normalized spacial score (nSPS) is 22.4. The van der Waals surface area contributed by atoms with Gasteiger partial charge in [0, 0.05) is 32.7 Å². The zero-order valence-corrected chi connectivity index (χ0v) is 19.1. The Morgan fingerprint density at radius 1 is 1.19 bits per heavy atom. The molecular weight excluding hydrogens is 451 g/mol. The maximum atomic E-state index is 5.85. The van der Waals surface area contributed by atoms with E-state index >= 15 is 0 Å². The molecule has 0 bridgehead atoms. The van der Waals surface area contributed by atoms with Gasteiger partial charge >= 0.3 is 0 Å². The van der Waals surface area contributed by atoms with Crippen molar-refractivity contribution < 1.29 is 4.74 Å². The van der Waals surface area contributed by atoms with Crippen LogP contribution in [0.2, 0.25) is 0 Å². The fraction of sp³-hybridized carbons (Fsp3) is 0.667. The average molecular weight is 486 g/mol. The molecule has 1 aromatic rings. The van der Waals surface area contributed by atoms with Gasteiger partial charge < -0.3 is 19.9 Å². The number of aliphatic imine (C=N–C) groups is 1. The third-order valence-electron chi connectivity index (χ3n) is 5.40. The maximum Gasteiger partial charge on any atom is 0.194 e. The van der Waals surface area contributed by atoms with Crippen LogP contribution in [0, 0.1) is 5.92 Å². The summed E-state index contributed by atoms with van der Waals surface area (Å²) in [5, 5.41) is 3.47. The van der Waals surface area contributed by atoms with E-state index in [1.165, 1.54) is 24.8 Å². The van der Waals surface area contributed by atoms with Gasteiger partial charge in [-0.05, 0) is 44.7 Å². The van der Waals surface area contributed by atoms with Crippen molar-refractivity contribution in [2.45, 2.75) is 32.3 Å². The van der Waals surface area contributed by atoms with Gasteiger partial charge in [-0.1, -0.05) is 30.3 Å². The quantitative estimate of drug-likeness (QED) is 0.395. The van der Waals surface area contributed by atoms with Gasteiger partial charge in [0.05, 0.1) is 19.3 Å². The summed E-state index contributed by atoms with van der Waals surface area (Å²) in [6, 6.07) is 10.9. The van der Waals surface area contributed by atoms with Gasteiger partial charge in [-0.2, -0.15) is 0 Å². The Bertz CT molecular complexity index is 561. The number of morpholine rings is 1. The minimum absolute atomic E-state index is 0. The SMILES string of the molecule is CCNC(=NCC1CN(C)CCO1)N1CCC(Cc2ccccc2)CC1.I. The Kier molecular flexibility index (Phi) is 9.86. The molecule has 0 aliphatic carbocycles. The molecule has 2 aliphatic rings. The summed E-state index contributed by atoms with van der Waals surface area (Å²) < 4.78 is 5.85. The number of likely N-dealkylation sites (tertiary alicyclic amines) is 1. The number of hydrogen-bond donors (Lipinski definition) is 1. The second-order valence-electron chi connectivity index (χ2n) is 7.57. The second-order valence-corrected chi connectivity index (χ2v) is 7.57. The Morgan fingerprint density at radius 3 is 2.59 bits per heavy atom. The van der Waals surface area contributed by atoms with Crippen molar-refractivity contribution in [3.8, 4) is 0 Å². The Hall–Kier alpha value is -0.860. The lowest BCUT2D eigenvalue weighted by Crippen LogP contribution is -2.47. The number of halogens is 1. The second kappa shape index (κ2) is 11.9. The van der Waals surface area contributed by atoms with E-state index in [4.69, 9.17) is 9.73 Å². The van der Waals surface area contributed by atoms with Crippen LogP contribution < -0.4 is 5.32 Å². The summed E-state index contributed by atoms with van der Waals surface area (Å²) in [5.74, 6) is 1.84. The summed E-state index contributed by atoms with van der Waals surface area (Å²) in [7, 11) is 2.15. The number of guanidine groups is 1. The van der Waals surface area contributed by atoms with Gasteiger partial charge in [0.1, 0.15) is 0 Å². The lowest BCUT2D eigenvalue weighted by Gasteiger charge is -2.35. The van der Waals surface area contributed by atoms with E-state index in [1.807, 2.05) is 0 Å². The molecule has 2 heterocycles. The molecule has 1 aromatic carbocycles. The predicted octanol–water partition coefficient (Wildman–Crippen LogP) is 2.86.